The minimum atomic E-state index is -0.898. The molecule has 0 amide bonds. The highest BCUT2D eigenvalue weighted by Crippen LogP contribution is 2.29. The SMILES string of the molecule is NCC1CCCCC1COCc1ccc(C(=O)O)cc1. The number of benzene rings is 1. The van der Waals surface area contributed by atoms with E-state index in [9.17, 15) is 4.79 Å². The first-order valence-corrected chi connectivity index (χ1v) is 7.30. The average Bonchev–Trinajstić information content (AvgIpc) is 2.48. The van der Waals surface area contributed by atoms with E-state index < -0.39 is 5.97 Å². The molecule has 3 N–H and O–H groups in total. The van der Waals surface area contributed by atoms with Crippen LogP contribution in [0.25, 0.3) is 0 Å². The van der Waals surface area contributed by atoms with Gasteiger partial charge >= 0.3 is 5.97 Å². The van der Waals surface area contributed by atoms with Crippen LogP contribution in [0.3, 0.4) is 0 Å². The fourth-order valence-electron chi connectivity index (χ4n) is 2.89. The lowest BCUT2D eigenvalue weighted by atomic mass is 9.80. The summed E-state index contributed by atoms with van der Waals surface area (Å²) in [5, 5.41) is 8.84. The third-order valence-electron chi connectivity index (χ3n) is 4.17. The molecule has 1 aromatic rings. The Morgan fingerprint density at radius 2 is 1.85 bits per heavy atom. The number of carbonyl (C=O) groups is 1. The molecule has 20 heavy (non-hydrogen) atoms. The van der Waals surface area contributed by atoms with Gasteiger partial charge in [0, 0.05) is 0 Å². The van der Waals surface area contributed by atoms with E-state index in [2.05, 4.69) is 0 Å². The number of hydrogen-bond acceptors (Lipinski definition) is 3. The summed E-state index contributed by atoms with van der Waals surface area (Å²) in [7, 11) is 0. The molecule has 2 rings (SSSR count). The number of carboxylic acid groups (broad SMARTS) is 1. The molecule has 0 spiro atoms. The predicted molar refractivity (Wildman–Crippen MR) is 77.6 cm³/mol. The summed E-state index contributed by atoms with van der Waals surface area (Å²) in [6.45, 7) is 2.04. The Hall–Kier alpha value is -1.39. The van der Waals surface area contributed by atoms with Crippen molar-refractivity contribution < 1.29 is 14.6 Å². The van der Waals surface area contributed by atoms with Gasteiger partial charge in [-0.3, -0.25) is 0 Å². The van der Waals surface area contributed by atoms with Crippen molar-refractivity contribution in [1.29, 1.82) is 0 Å². The van der Waals surface area contributed by atoms with Gasteiger partial charge in [-0.05, 0) is 48.9 Å². The number of hydrogen-bond donors (Lipinski definition) is 2. The van der Waals surface area contributed by atoms with Crippen molar-refractivity contribution in [2.75, 3.05) is 13.2 Å². The summed E-state index contributed by atoms with van der Waals surface area (Å²) in [6.07, 6.45) is 4.99. The summed E-state index contributed by atoms with van der Waals surface area (Å²) in [5.74, 6) is 0.274. The van der Waals surface area contributed by atoms with Crippen LogP contribution in [0.4, 0.5) is 0 Å². The summed E-state index contributed by atoms with van der Waals surface area (Å²) in [5.41, 5.74) is 7.13. The van der Waals surface area contributed by atoms with Crippen molar-refractivity contribution in [3.8, 4) is 0 Å². The minimum Gasteiger partial charge on any atom is -0.478 e. The molecule has 0 radical (unpaired) electrons. The van der Waals surface area contributed by atoms with Gasteiger partial charge in [0.15, 0.2) is 0 Å². The minimum absolute atomic E-state index is 0.309. The van der Waals surface area contributed by atoms with E-state index in [0.29, 0.717) is 24.0 Å². The van der Waals surface area contributed by atoms with E-state index >= 15 is 0 Å². The van der Waals surface area contributed by atoms with Crippen molar-refractivity contribution in [3.63, 3.8) is 0 Å². The predicted octanol–water partition coefficient (Wildman–Crippen LogP) is 2.67. The van der Waals surface area contributed by atoms with Crippen LogP contribution in [0.2, 0.25) is 0 Å². The number of ether oxygens (including phenoxy) is 1. The van der Waals surface area contributed by atoms with Gasteiger partial charge in [-0.2, -0.15) is 0 Å². The van der Waals surface area contributed by atoms with E-state index in [4.69, 9.17) is 15.6 Å². The van der Waals surface area contributed by atoms with Gasteiger partial charge < -0.3 is 15.6 Å². The van der Waals surface area contributed by atoms with Gasteiger partial charge in [0.2, 0.25) is 0 Å². The lowest BCUT2D eigenvalue weighted by molar-refractivity contribution is 0.0512. The van der Waals surface area contributed by atoms with Gasteiger partial charge in [-0.15, -0.1) is 0 Å². The van der Waals surface area contributed by atoms with Crippen molar-refractivity contribution in [1.82, 2.24) is 0 Å². The van der Waals surface area contributed by atoms with E-state index in [1.807, 2.05) is 12.1 Å². The second kappa shape index (κ2) is 7.41. The van der Waals surface area contributed by atoms with Crippen molar-refractivity contribution in [2.45, 2.75) is 32.3 Å². The fraction of sp³-hybridized carbons (Fsp3) is 0.562. The molecule has 0 aliphatic heterocycles. The van der Waals surface area contributed by atoms with Crippen LogP contribution < -0.4 is 5.73 Å². The Balaban J connectivity index is 1.78. The molecule has 1 aromatic carbocycles. The lowest BCUT2D eigenvalue weighted by Crippen LogP contribution is -2.29. The van der Waals surface area contributed by atoms with E-state index in [1.165, 1.54) is 25.7 Å². The third-order valence-corrected chi connectivity index (χ3v) is 4.17. The van der Waals surface area contributed by atoms with Crippen LogP contribution in [0.5, 0.6) is 0 Å². The molecule has 1 saturated carbocycles. The molecule has 4 heteroatoms. The third kappa shape index (κ3) is 4.05. The van der Waals surface area contributed by atoms with Gasteiger partial charge in [0.25, 0.3) is 0 Å². The Bertz CT molecular complexity index is 430. The fourth-order valence-corrected chi connectivity index (χ4v) is 2.89. The van der Waals surface area contributed by atoms with Crippen LogP contribution in [0.15, 0.2) is 24.3 Å². The largest absolute Gasteiger partial charge is 0.478 e. The second-order valence-corrected chi connectivity index (χ2v) is 5.56. The Kier molecular flexibility index (Phi) is 5.56. The Labute approximate surface area is 119 Å². The highest BCUT2D eigenvalue weighted by molar-refractivity contribution is 5.87. The molecule has 1 aliphatic carbocycles. The van der Waals surface area contributed by atoms with Crippen LogP contribution in [-0.2, 0) is 11.3 Å². The molecule has 2 unspecified atom stereocenters. The number of carboxylic acids is 1. The number of rotatable bonds is 6. The summed E-state index contributed by atoms with van der Waals surface area (Å²) < 4.78 is 5.79. The molecule has 1 aliphatic rings. The first-order valence-electron chi connectivity index (χ1n) is 7.30. The Morgan fingerprint density at radius 1 is 1.20 bits per heavy atom. The number of aromatic carboxylic acids is 1. The van der Waals surface area contributed by atoms with Crippen molar-refractivity contribution >= 4 is 5.97 Å². The maximum atomic E-state index is 10.8. The molecule has 2 atom stereocenters. The first-order chi connectivity index (χ1) is 9.70. The molecule has 0 heterocycles. The van der Waals surface area contributed by atoms with Gasteiger partial charge in [-0.25, -0.2) is 4.79 Å². The van der Waals surface area contributed by atoms with Crippen molar-refractivity contribution in [2.24, 2.45) is 17.6 Å². The monoisotopic (exact) mass is 277 g/mol. The van der Waals surface area contributed by atoms with Crippen LogP contribution >= 0.6 is 0 Å². The van der Waals surface area contributed by atoms with E-state index in [0.717, 1.165) is 18.7 Å². The highest BCUT2D eigenvalue weighted by atomic mass is 16.5. The average molecular weight is 277 g/mol. The Morgan fingerprint density at radius 3 is 2.45 bits per heavy atom. The van der Waals surface area contributed by atoms with E-state index in [1.54, 1.807) is 12.1 Å². The summed E-state index contributed by atoms with van der Waals surface area (Å²) in [6, 6.07) is 6.85. The topological polar surface area (TPSA) is 72.5 Å². The van der Waals surface area contributed by atoms with Crippen LogP contribution in [-0.4, -0.2) is 24.2 Å². The molecule has 4 nitrogen and oxygen atoms in total. The maximum absolute atomic E-state index is 10.8. The quantitative estimate of drug-likeness (QED) is 0.838. The smallest absolute Gasteiger partial charge is 0.335 e. The zero-order chi connectivity index (χ0) is 14.4. The first kappa shape index (κ1) is 15.0. The van der Waals surface area contributed by atoms with E-state index in [-0.39, 0.29) is 0 Å². The zero-order valence-corrected chi connectivity index (χ0v) is 11.8. The van der Waals surface area contributed by atoms with Gasteiger partial charge in [0.05, 0.1) is 18.8 Å². The molecule has 0 aromatic heterocycles. The molecular formula is C16H23NO3. The van der Waals surface area contributed by atoms with Crippen LogP contribution in [0, 0.1) is 11.8 Å². The molecule has 110 valence electrons. The normalized spacial score (nSPS) is 22.6. The second-order valence-electron chi connectivity index (χ2n) is 5.56. The van der Waals surface area contributed by atoms with Crippen molar-refractivity contribution in [3.05, 3.63) is 35.4 Å². The van der Waals surface area contributed by atoms with Gasteiger partial charge in [0.1, 0.15) is 0 Å². The molecular weight excluding hydrogens is 254 g/mol. The molecule has 0 saturated heterocycles. The summed E-state index contributed by atoms with van der Waals surface area (Å²) in [4.78, 5) is 10.8. The van der Waals surface area contributed by atoms with Gasteiger partial charge in [-0.1, -0.05) is 25.0 Å². The van der Waals surface area contributed by atoms with Crippen LogP contribution in [0.1, 0.15) is 41.6 Å². The summed E-state index contributed by atoms with van der Waals surface area (Å²) >= 11 is 0. The zero-order valence-electron chi connectivity index (χ0n) is 11.8. The molecule has 1 fully saturated rings. The maximum Gasteiger partial charge on any atom is 0.335 e. The highest BCUT2D eigenvalue weighted by Gasteiger charge is 2.23. The standard InChI is InChI=1S/C16H23NO3/c17-9-14-3-1-2-4-15(14)11-20-10-12-5-7-13(8-6-12)16(18)19/h5-8,14-15H,1-4,9-11,17H2,(H,18,19). The lowest BCUT2D eigenvalue weighted by Gasteiger charge is -2.30. The molecule has 0 bridgehead atoms. The number of nitrogens with two attached hydrogens (primary N) is 1.